The van der Waals surface area contributed by atoms with Crippen LogP contribution in [0.2, 0.25) is 5.02 Å². The number of carbonyl (C=O) groups excluding carboxylic acids is 1. The quantitative estimate of drug-likeness (QED) is 0.856. The number of hydrogen-bond acceptors (Lipinski definition) is 4. The zero-order valence-electron chi connectivity index (χ0n) is 13.0. The molecule has 1 aromatic heterocycles. The third-order valence-electron chi connectivity index (χ3n) is 4.04. The average Bonchev–Trinajstić information content (AvgIpc) is 2.91. The predicted octanol–water partition coefficient (Wildman–Crippen LogP) is 3.64. The SMILES string of the molecule is COc1cc(CCC(=O)N2CCCCc3cc(Cl)ccc32)on1. The Hall–Kier alpha value is -2.01. The molecule has 0 bridgehead atoms. The molecule has 6 heteroatoms. The highest BCUT2D eigenvalue weighted by atomic mass is 35.5. The van der Waals surface area contributed by atoms with Crippen molar-refractivity contribution in [2.75, 3.05) is 18.6 Å². The van der Waals surface area contributed by atoms with Gasteiger partial charge in [-0.25, -0.2) is 0 Å². The van der Waals surface area contributed by atoms with E-state index in [0.717, 1.165) is 37.1 Å². The summed E-state index contributed by atoms with van der Waals surface area (Å²) in [4.78, 5) is 14.5. The van der Waals surface area contributed by atoms with E-state index in [-0.39, 0.29) is 5.91 Å². The Kier molecular flexibility index (Phi) is 4.86. The summed E-state index contributed by atoms with van der Waals surface area (Å²) in [6, 6.07) is 7.46. The Morgan fingerprint density at radius 2 is 2.26 bits per heavy atom. The van der Waals surface area contributed by atoms with Crippen molar-refractivity contribution in [3.05, 3.63) is 40.6 Å². The average molecular weight is 335 g/mol. The molecule has 0 saturated heterocycles. The molecule has 0 spiro atoms. The largest absolute Gasteiger partial charge is 0.479 e. The normalized spacial score (nSPS) is 14.3. The van der Waals surface area contributed by atoms with Crippen LogP contribution >= 0.6 is 11.6 Å². The fraction of sp³-hybridized carbons (Fsp3) is 0.412. The molecular formula is C17H19ClN2O3. The molecule has 3 rings (SSSR count). The van der Waals surface area contributed by atoms with Crippen molar-refractivity contribution in [3.8, 4) is 5.88 Å². The monoisotopic (exact) mass is 334 g/mol. The van der Waals surface area contributed by atoms with E-state index < -0.39 is 0 Å². The van der Waals surface area contributed by atoms with Crippen molar-refractivity contribution in [2.24, 2.45) is 0 Å². The van der Waals surface area contributed by atoms with Gasteiger partial charge >= 0.3 is 0 Å². The van der Waals surface area contributed by atoms with Gasteiger partial charge in [0.25, 0.3) is 5.88 Å². The van der Waals surface area contributed by atoms with Crippen LogP contribution in [-0.2, 0) is 17.6 Å². The number of rotatable bonds is 4. The Morgan fingerprint density at radius 3 is 3.04 bits per heavy atom. The van der Waals surface area contributed by atoms with Crippen LogP contribution in [0, 0.1) is 0 Å². The van der Waals surface area contributed by atoms with Crippen molar-refractivity contribution in [1.29, 1.82) is 0 Å². The zero-order chi connectivity index (χ0) is 16.2. The maximum atomic E-state index is 12.6. The lowest BCUT2D eigenvalue weighted by Crippen LogP contribution is -2.31. The standard InChI is InChI=1S/C17H19ClN2O3/c1-22-16-11-14(23-19-16)6-8-17(21)20-9-3-2-4-12-10-13(18)5-7-15(12)20/h5,7,10-11H,2-4,6,8-9H2,1H3. The number of ether oxygens (including phenoxy) is 1. The van der Waals surface area contributed by atoms with Gasteiger partial charge in [-0.2, -0.15) is 0 Å². The lowest BCUT2D eigenvalue weighted by atomic mass is 10.1. The third-order valence-corrected chi connectivity index (χ3v) is 4.28. The number of aryl methyl sites for hydroxylation is 2. The van der Waals surface area contributed by atoms with Crippen LogP contribution in [0.25, 0.3) is 0 Å². The van der Waals surface area contributed by atoms with Crippen LogP contribution in [0.5, 0.6) is 5.88 Å². The number of amides is 1. The smallest absolute Gasteiger partial charge is 0.254 e. The van der Waals surface area contributed by atoms with E-state index in [9.17, 15) is 4.79 Å². The number of aromatic nitrogens is 1. The summed E-state index contributed by atoms with van der Waals surface area (Å²) in [5, 5.41) is 4.46. The molecule has 1 amide bonds. The second-order valence-corrected chi connectivity index (χ2v) is 6.05. The topological polar surface area (TPSA) is 55.6 Å². The molecule has 122 valence electrons. The molecule has 0 N–H and O–H groups in total. The molecule has 5 nitrogen and oxygen atoms in total. The molecule has 2 heterocycles. The Balaban J connectivity index is 1.71. The van der Waals surface area contributed by atoms with Gasteiger partial charge in [-0.3, -0.25) is 4.79 Å². The Bertz CT molecular complexity index is 699. The lowest BCUT2D eigenvalue weighted by Gasteiger charge is -2.23. The van der Waals surface area contributed by atoms with E-state index in [2.05, 4.69) is 5.16 Å². The van der Waals surface area contributed by atoms with Crippen LogP contribution in [0.1, 0.15) is 30.6 Å². The first-order valence-electron chi connectivity index (χ1n) is 7.76. The van der Waals surface area contributed by atoms with E-state index in [1.165, 1.54) is 7.11 Å². The molecule has 0 aliphatic carbocycles. The van der Waals surface area contributed by atoms with Crippen molar-refractivity contribution >= 4 is 23.2 Å². The fourth-order valence-corrected chi connectivity index (χ4v) is 3.05. The van der Waals surface area contributed by atoms with Gasteiger partial charge in [0.1, 0.15) is 5.76 Å². The Labute approximate surface area is 140 Å². The minimum Gasteiger partial charge on any atom is -0.479 e. The molecule has 1 aliphatic heterocycles. The van der Waals surface area contributed by atoms with Gasteiger partial charge in [0.05, 0.1) is 7.11 Å². The molecule has 0 saturated carbocycles. The highest BCUT2D eigenvalue weighted by molar-refractivity contribution is 6.30. The van der Waals surface area contributed by atoms with Gasteiger partial charge in [-0.15, -0.1) is 0 Å². The first kappa shape index (κ1) is 15.9. The second kappa shape index (κ2) is 7.04. The summed E-state index contributed by atoms with van der Waals surface area (Å²) in [7, 11) is 1.53. The van der Waals surface area contributed by atoms with Gasteiger partial charge in [0, 0.05) is 36.2 Å². The minimum atomic E-state index is 0.0887. The molecular weight excluding hydrogens is 316 g/mol. The molecule has 0 unspecified atom stereocenters. The number of carbonyl (C=O) groups is 1. The van der Waals surface area contributed by atoms with Crippen LogP contribution in [0.4, 0.5) is 5.69 Å². The molecule has 1 aliphatic rings. The van der Waals surface area contributed by atoms with Gasteiger partial charge in [0.15, 0.2) is 0 Å². The zero-order valence-corrected chi connectivity index (χ0v) is 13.8. The number of benzene rings is 1. The molecule has 2 aromatic rings. The number of halogens is 1. The summed E-state index contributed by atoms with van der Waals surface area (Å²) in [6.45, 7) is 0.743. The number of hydrogen-bond donors (Lipinski definition) is 0. The number of fused-ring (bicyclic) bond motifs is 1. The van der Waals surface area contributed by atoms with Crippen LogP contribution in [0.3, 0.4) is 0 Å². The molecule has 23 heavy (non-hydrogen) atoms. The molecule has 1 aromatic carbocycles. The second-order valence-electron chi connectivity index (χ2n) is 5.61. The summed E-state index contributed by atoms with van der Waals surface area (Å²) in [5.41, 5.74) is 2.12. The van der Waals surface area contributed by atoms with E-state index in [0.29, 0.717) is 29.5 Å². The van der Waals surface area contributed by atoms with E-state index >= 15 is 0 Å². The van der Waals surface area contributed by atoms with E-state index in [4.69, 9.17) is 20.9 Å². The fourth-order valence-electron chi connectivity index (χ4n) is 2.86. The number of methoxy groups -OCH3 is 1. The third kappa shape index (κ3) is 3.67. The molecule has 0 fully saturated rings. The van der Waals surface area contributed by atoms with Gasteiger partial charge < -0.3 is 14.2 Å². The van der Waals surface area contributed by atoms with Crippen molar-refractivity contribution in [2.45, 2.75) is 32.1 Å². The maximum Gasteiger partial charge on any atom is 0.254 e. The van der Waals surface area contributed by atoms with E-state index in [1.807, 2.05) is 23.1 Å². The van der Waals surface area contributed by atoms with E-state index in [1.54, 1.807) is 6.07 Å². The highest BCUT2D eigenvalue weighted by Gasteiger charge is 2.21. The Morgan fingerprint density at radius 1 is 1.39 bits per heavy atom. The summed E-state index contributed by atoms with van der Waals surface area (Å²) in [5.74, 6) is 1.18. The van der Waals surface area contributed by atoms with Crippen molar-refractivity contribution in [1.82, 2.24) is 5.16 Å². The van der Waals surface area contributed by atoms with Crippen LogP contribution in [-0.4, -0.2) is 24.7 Å². The predicted molar refractivity (Wildman–Crippen MR) is 88.1 cm³/mol. The first-order chi connectivity index (χ1) is 11.2. The summed E-state index contributed by atoms with van der Waals surface area (Å²) < 4.78 is 10.1. The lowest BCUT2D eigenvalue weighted by molar-refractivity contribution is -0.118. The van der Waals surface area contributed by atoms with Gasteiger partial charge in [-0.1, -0.05) is 11.6 Å². The van der Waals surface area contributed by atoms with Crippen LogP contribution < -0.4 is 9.64 Å². The molecule has 0 radical (unpaired) electrons. The minimum absolute atomic E-state index is 0.0887. The van der Waals surface area contributed by atoms with Crippen molar-refractivity contribution in [3.63, 3.8) is 0 Å². The maximum absolute atomic E-state index is 12.6. The van der Waals surface area contributed by atoms with Crippen LogP contribution in [0.15, 0.2) is 28.8 Å². The number of nitrogens with zero attached hydrogens (tertiary/aromatic N) is 2. The summed E-state index contributed by atoms with van der Waals surface area (Å²) >= 11 is 6.08. The number of anilines is 1. The van der Waals surface area contributed by atoms with Gasteiger partial charge in [-0.05, 0) is 48.2 Å². The van der Waals surface area contributed by atoms with Gasteiger partial charge in [0.2, 0.25) is 5.91 Å². The molecule has 0 atom stereocenters. The van der Waals surface area contributed by atoms with Crippen molar-refractivity contribution < 1.29 is 14.1 Å². The first-order valence-corrected chi connectivity index (χ1v) is 8.13. The summed E-state index contributed by atoms with van der Waals surface area (Å²) in [6.07, 6.45) is 3.90. The highest BCUT2D eigenvalue weighted by Crippen LogP contribution is 2.29.